The first-order valence-corrected chi connectivity index (χ1v) is 5.92. The smallest absolute Gasteiger partial charge is 0.110 e. The van der Waals surface area contributed by atoms with E-state index in [0.29, 0.717) is 10.7 Å². The molecule has 1 heterocycles. The molecule has 0 aliphatic heterocycles. The SMILES string of the molecule is CC(C)n1ncc(Cl)c1C(C)(O)C(C)(C)C. The molecule has 1 aromatic heterocycles. The minimum absolute atomic E-state index is 0.177. The zero-order chi connectivity index (χ0) is 12.7. The molecule has 1 rings (SSSR count). The summed E-state index contributed by atoms with van der Waals surface area (Å²) in [6.07, 6.45) is 1.59. The van der Waals surface area contributed by atoms with E-state index in [1.807, 2.05) is 34.6 Å². The van der Waals surface area contributed by atoms with Gasteiger partial charge in [-0.1, -0.05) is 32.4 Å². The molecule has 0 radical (unpaired) electrons. The highest BCUT2D eigenvalue weighted by molar-refractivity contribution is 6.31. The van der Waals surface area contributed by atoms with E-state index in [1.165, 1.54) is 0 Å². The highest BCUT2D eigenvalue weighted by Crippen LogP contribution is 2.42. The van der Waals surface area contributed by atoms with Crippen molar-refractivity contribution in [3.05, 3.63) is 16.9 Å². The Kier molecular flexibility index (Phi) is 3.42. The van der Waals surface area contributed by atoms with E-state index in [0.717, 1.165) is 0 Å². The molecule has 0 amide bonds. The quantitative estimate of drug-likeness (QED) is 0.866. The van der Waals surface area contributed by atoms with Crippen LogP contribution in [0.5, 0.6) is 0 Å². The number of aliphatic hydroxyl groups is 1. The summed E-state index contributed by atoms with van der Waals surface area (Å²) in [6.45, 7) is 11.8. The summed E-state index contributed by atoms with van der Waals surface area (Å²) < 4.78 is 1.79. The Balaban J connectivity index is 3.37. The van der Waals surface area contributed by atoms with Gasteiger partial charge in [0, 0.05) is 6.04 Å². The van der Waals surface area contributed by atoms with Crippen LogP contribution in [0.4, 0.5) is 0 Å². The molecule has 1 N–H and O–H groups in total. The van der Waals surface area contributed by atoms with Gasteiger partial charge in [-0.15, -0.1) is 0 Å². The zero-order valence-corrected chi connectivity index (χ0v) is 11.6. The van der Waals surface area contributed by atoms with Crippen molar-refractivity contribution in [2.24, 2.45) is 5.41 Å². The average Bonchev–Trinajstić information content (AvgIpc) is 2.45. The Morgan fingerprint density at radius 2 is 1.81 bits per heavy atom. The standard InChI is InChI=1S/C12H21ClN2O/c1-8(2)15-10(9(13)7-14-15)12(6,16)11(3,4)5/h7-8,16H,1-6H3. The maximum Gasteiger partial charge on any atom is 0.110 e. The third-order valence-electron chi connectivity index (χ3n) is 3.16. The van der Waals surface area contributed by atoms with Crippen molar-refractivity contribution < 1.29 is 5.11 Å². The van der Waals surface area contributed by atoms with Crippen molar-refractivity contribution in [1.29, 1.82) is 0 Å². The molecule has 16 heavy (non-hydrogen) atoms. The monoisotopic (exact) mass is 244 g/mol. The van der Waals surface area contributed by atoms with Crippen LogP contribution in [-0.4, -0.2) is 14.9 Å². The molecule has 0 aromatic carbocycles. The summed E-state index contributed by atoms with van der Waals surface area (Å²) >= 11 is 6.14. The number of rotatable bonds is 2. The van der Waals surface area contributed by atoms with Gasteiger partial charge in [-0.05, 0) is 26.2 Å². The third-order valence-corrected chi connectivity index (χ3v) is 3.44. The summed E-state index contributed by atoms with van der Waals surface area (Å²) in [5, 5.41) is 15.4. The number of aromatic nitrogens is 2. The van der Waals surface area contributed by atoms with Gasteiger partial charge in [0.05, 0.1) is 16.9 Å². The summed E-state index contributed by atoms with van der Waals surface area (Å²) in [6, 6.07) is 0.177. The maximum absolute atomic E-state index is 10.7. The zero-order valence-electron chi connectivity index (χ0n) is 10.9. The minimum atomic E-state index is -1.01. The van der Waals surface area contributed by atoms with Crippen molar-refractivity contribution in [2.45, 2.75) is 53.2 Å². The Hall–Kier alpha value is -0.540. The first-order valence-electron chi connectivity index (χ1n) is 5.55. The molecule has 0 fully saturated rings. The van der Waals surface area contributed by atoms with Gasteiger partial charge in [-0.2, -0.15) is 5.10 Å². The van der Waals surface area contributed by atoms with Crippen molar-refractivity contribution in [3.63, 3.8) is 0 Å². The van der Waals surface area contributed by atoms with E-state index in [4.69, 9.17) is 11.6 Å². The van der Waals surface area contributed by atoms with Crippen LogP contribution in [0.2, 0.25) is 5.02 Å². The van der Waals surface area contributed by atoms with E-state index in [2.05, 4.69) is 5.10 Å². The van der Waals surface area contributed by atoms with Gasteiger partial charge < -0.3 is 5.11 Å². The van der Waals surface area contributed by atoms with E-state index >= 15 is 0 Å². The van der Waals surface area contributed by atoms with Crippen molar-refractivity contribution in [3.8, 4) is 0 Å². The normalized spacial score (nSPS) is 16.6. The van der Waals surface area contributed by atoms with Crippen LogP contribution in [0.1, 0.15) is 53.3 Å². The molecule has 0 aliphatic rings. The highest BCUT2D eigenvalue weighted by atomic mass is 35.5. The summed E-state index contributed by atoms with van der Waals surface area (Å²) in [7, 11) is 0. The number of hydrogen-bond donors (Lipinski definition) is 1. The largest absolute Gasteiger partial charge is 0.383 e. The van der Waals surface area contributed by atoms with Crippen molar-refractivity contribution in [2.75, 3.05) is 0 Å². The van der Waals surface area contributed by atoms with Gasteiger partial charge in [0.1, 0.15) is 5.60 Å². The van der Waals surface area contributed by atoms with Gasteiger partial charge in [-0.25, -0.2) is 0 Å². The Labute approximate surface area is 102 Å². The molecule has 92 valence electrons. The Morgan fingerprint density at radius 3 is 2.19 bits per heavy atom. The summed E-state index contributed by atoms with van der Waals surface area (Å²) in [4.78, 5) is 0. The van der Waals surface area contributed by atoms with Crippen molar-refractivity contribution in [1.82, 2.24) is 9.78 Å². The molecule has 1 unspecified atom stereocenters. The molecular weight excluding hydrogens is 224 g/mol. The van der Waals surface area contributed by atoms with Gasteiger partial charge in [0.2, 0.25) is 0 Å². The lowest BCUT2D eigenvalue weighted by Crippen LogP contribution is -2.39. The summed E-state index contributed by atoms with van der Waals surface area (Å²) in [5.41, 5.74) is -0.620. The van der Waals surface area contributed by atoms with Crippen LogP contribution >= 0.6 is 11.6 Å². The molecule has 1 atom stereocenters. The fourth-order valence-electron chi connectivity index (χ4n) is 1.54. The van der Waals surface area contributed by atoms with Crippen LogP contribution in [0.3, 0.4) is 0 Å². The molecule has 0 spiro atoms. The Bertz CT molecular complexity index is 375. The molecule has 0 aliphatic carbocycles. The predicted octanol–water partition coefficient (Wildman–Crippen LogP) is 3.37. The molecule has 0 bridgehead atoms. The van der Waals surface area contributed by atoms with Gasteiger partial charge in [0.25, 0.3) is 0 Å². The van der Waals surface area contributed by atoms with E-state index in [1.54, 1.807) is 17.8 Å². The molecule has 0 saturated heterocycles. The summed E-state index contributed by atoms with van der Waals surface area (Å²) in [5.74, 6) is 0. The van der Waals surface area contributed by atoms with Crippen LogP contribution in [0, 0.1) is 5.41 Å². The lowest BCUT2D eigenvalue weighted by atomic mass is 9.75. The molecule has 3 nitrogen and oxygen atoms in total. The lowest BCUT2D eigenvalue weighted by Gasteiger charge is -2.38. The van der Waals surface area contributed by atoms with Crippen LogP contribution in [0.15, 0.2) is 6.20 Å². The van der Waals surface area contributed by atoms with E-state index in [-0.39, 0.29) is 11.5 Å². The fraction of sp³-hybridized carbons (Fsp3) is 0.750. The molecule has 4 heteroatoms. The van der Waals surface area contributed by atoms with Gasteiger partial charge in [-0.3, -0.25) is 4.68 Å². The molecule has 0 saturated carbocycles. The third kappa shape index (κ3) is 2.11. The second-order valence-electron chi connectivity index (χ2n) is 5.70. The predicted molar refractivity (Wildman–Crippen MR) is 66.6 cm³/mol. The number of halogens is 1. The lowest BCUT2D eigenvalue weighted by molar-refractivity contribution is -0.0547. The highest BCUT2D eigenvalue weighted by Gasteiger charge is 2.41. The second-order valence-corrected chi connectivity index (χ2v) is 6.11. The van der Waals surface area contributed by atoms with E-state index in [9.17, 15) is 5.11 Å². The van der Waals surface area contributed by atoms with Gasteiger partial charge in [0.15, 0.2) is 0 Å². The Morgan fingerprint density at radius 1 is 1.31 bits per heavy atom. The topological polar surface area (TPSA) is 38.0 Å². The van der Waals surface area contributed by atoms with Crippen molar-refractivity contribution >= 4 is 11.6 Å². The average molecular weight is 245 g/mol. The fourth-order valence-corrected chi connectivity index (χ4v) is 1.86. The van der Waals surface area contributed by atoms with Crippen LogP contribution in [0.25, 0.3) is 0 Å². The molecule has 1 aromatic rings. The second kappa shape index (κ2) is 4.04. The van der Waals surface area contributed by atoms with Gasteiger partial charge >= 0.3 is 0 Å². The maximum atomic E-state index is 10.7. The first-order chi connectivity index (χ1) is 7.09. The van der Waals surface area contributed by atoms with Crippen LogP contribution in [-0.2, 0) is 5.60 Å². The molecular formula is C12H21ClN2O. The first kappa shape index (κ1) is 13.5. The number of nitrogens with zero attached hydrogens (tertiary/aromatic N) is 2. The van der Waals surface area contributed by atoms with E-state index < -0.39 is 5.60 Å². The minimum Gasteiger partial charge on any atom is -0.383 e. The van der Waals surface area contributed by atoms with Crippen LogP contribution < -0.4 is 0 Å². The number of hydrogen-bond acceptors (Lipinski definition) is 2.